The Morgan fingerprint density at radius 1 is 1.20 bits per heavy atom. The van der Waals surface area contributed by atoms with Crippen LogP contribution in [0.4, 0.5) is 16.4 Å². The topological polar surface area (TPSA) is 138 Å². The van der Waals surface area contributed by atoms with Gasteiger partial charge in [0, 0.05) is 18.8 Å². The number of nitrogens with zero attached hydrogens (tertiary/aromatic N) is 5. The minimum Gasteiger partial charge on any atom is -0.465 e. The average molecular weight is 412 g/mol. The maximum atomic E-state index is 12.7. The number of aromatic nitrogens is 5. The number of amides is 2. The molecule has 3 aromatic heterocycles. The van der Waals surface area contributed by atoms with Gasteiger partial charge in [-0.15, -0.1) is 5.10 Å². The molecule has 0 radical (unpaired) electrons. The van der Waals surface area contributed by atoms with Crippen LogP contribution in [0.15, 0.2) is 30.7 Å². The number of fused-ring (bicyclic) bond motifs is 1. The summed E-state index contributed by atoms with van der Waals surface area (Å²) in [7, 11) is 0. The van der Waals surface area contributed by atoms with Gasteiger partial charge < -0.3 is 21.1 Å². The van der Waals surface area contributed by atoms with Crippen molar-refractivity contribution >= 4 is 29.2 Å². The van der Waals surface area contributed by atoms with Crippen LogP contribution >= 0.6 is 0 Å². The summed E-state index contributed by atoms with van der Waals surface area (Å²) in [6, 6.07) is 3.13. The second-order valence-electron chi connectivity index (χ2n) is 7.27. The van der Waals surface area contributed by atoms with Gasteiger partial charge in [-0.25, -0.2) is 14.3 Å². The standard InChI is InChI=1S/C19H24N8O3/c1-2-26-11-12(9-21-26)22-17(28)16-8-7-13-10-20-18(25-27(13)16)23-14-5-3-4-6-15(14)24-19(29)30/h7-11,14-15,24H,2-6H2,1H3,(H,22,28)(H,23,25)(H,29,30)/t14-,15+/m1/s1. The zero-order chi connectivity index (χ0) is 21.1. The van der Waals surface area contributed by atoms with Crippen molar-refractivity contribution in [3.05, 3.63) is 36.4 Å². The first-order valence-corrected chi connectivity index (χ1v) is 9.98. The van der Waals surface area contributed by atoms with Crippen molar-refractivity contribution in [3.8, 4) is 0 Å². The molecule has 3 aromatic rings. The Kier molecular flexibility index (Phi) is 5.50. The lowest BCUT2D eigenvalue weighted by Crippen LogP contribution is -2.48. The molecule has 11 nitrogen and oxygen atoms in total. The number of carboxylic acid groups (broad SMARTS) is 1. The van der Waals surface area contributed by atoms with Gasteiger partial charge in [0.1, 0.15) is 5.69 Å². The van der Waals surface area contributed by atoms with Crippen molar-refractivity contribution < 1.29 is 14.7 Å². The Morgan fingerprint density at radius 3 is 2.73 bits per heavy atom. The van der Waals surface area contributed by atoms with Gasteiger partial charge in [-0.3, -0.25) is 9.48 Å². The maximum Gasteiger partial charge on any atom is 0.404 e. The number of anilines is 2. The van der Waals surface area contributed by atoms with Gasteiger partial charge in [-0.1, -0.05) is 12.8 Å². The fourth-order valence-corrected chi connectivity index (χ4v) is 3.74. The monoisotopic (exact) mass is 412 g/mol. The van der Waals surface area contributed by atoms with Crippen molar-refractivity contribution in [1.29, 1.82) is 0 Å². The number of hydrogen-bond donors (Lipinski definition) is 4. The molecule has 0 bridgehead atoms. The molecule has 158 valence electrons. The lowest BCUT2D eigenvalue weighted by Gasteiger charge is -2.31. The summed E-state index contributed by atoms with van der Waals surface area (Å²) in [6.07, 6.45) is 7.48. The summed E-state index contributed by atoms with van der Waals surface area (Å²) < 4.78 is 3.25. The van der Waals surface area contributed by atoms with Gasteiger partial charge in [-0.05, 0) is 31.9 Å². The van der Waals surface area contributed by atoms with Gasteiger partial charge in [0.05, 0.1) is 29.6 Å². The highest BCUT2D eigenvalue weighted by molar-refractivity contribution is 6.03. The van der Waals surface area contributed by atoms with Gasteiger partial charge in [0.15, 0.2) is 0 Å². The Bertz CT molecular complexity index is 1060. The lowest BCUT2D eigenvalue weighted by atomic mass is 9.90. The second kappa shape index (κ2) is 8.39. The number of carbonyl (C=O) groups is 2. The molecule has 0 aromatic carbocycles. The SMILES string of the molecule is CCn1cc(NC(=O)c2ccc3cnc(N[C@@H]4CCCC[C@@H]4NC(=O)O)nn23)cn1. The van der Waals surface area contributed by atoms with Crippen molar-refractivity contribution in [2.75, 3.05) is 10.6 Å². The smallest absolute Gasteiger partial charge is 0.404 e. The number of carbonyl (C=O) groups excluding carboxylic acids is 1. The van der Waals surface area contributed by atoms with Crippen LogP contribution in [0, 0.1) is 0 Å². The fraction of sp³-hybridized carbons (Fsp3) is 0.421. The van der Waals surface area contributed by atoms with E-state index in [9.17, 15) is 9.59 Å². The van der Waals surface area contributed by atoms with Crippen molar-refractivity contribution in [3.63, 3.8) is 0 Å². The third kappa shape index (κ3) is 4.19. The number of rotatable bonds is 6. The lowest BCUT2D eigenvalue weighted by molar-refractivity contribution is 0.102. The highest BCUT2D eigenvalue weighted by atomic mass is 16.4. The van der Waals surface area contributed by atoms with E-state index in [1.165, 1.54) is 4.52 Å². The molecule has 0 unspecified atom stereocenters. The molecule has 0 aliphatic heterocycles. The van der Waals surface area contributed by atoms with Crippen LogP contribution in [-0.2, 0) is 6.54 Å². The molecular weight excluding hydrogens is 388 g/mol. The van der Waals surface area contributed by atoms with Crippen LogP contribution in [0.2, 0.25) is 0 Å². The molecule has 1 aliphatic carbocycles. The molecule has 11 heteroatoms. The minimum atomic E-state index is -1.04. The molecule has 2 atom stereocenters. The first kappa shape index (κ1) is 19.7. The first-order chi connectivity index (χ1) is 14.5. The molecule has 0 spiro atoms. The summed E-state index contributed by atoms with van der Waals surface area (Å²) in [5.74, 6) is 0.0361. The summed E-state index contributed by atoms with van der Waals surface area (Å²) in [5, 5.41) is 26.3. The quantitative estimate of drug-likeness (QED) is 0.487. The molecule has 4 N–H and O–H groups in total. The van der Waals surface area contributed by atoms with E-state index in [1.807, 2.05) is 6.92 Å². The summed E-state index contributed by atoms with van der Waals surface area (Å²) in [5.41, 5.74) is 1.65. The van der Waals surface area contributed by atoms with Gasteiger partial charge >= 0.3 is 6.09 Å². The first-order valence-electron chi connectivity index (χ1n) is 9.98. The van der Waals surface area contributed by atoms with Crippen LogP contribution in [0.3, 0.4) is 0 Å². The van der Waals surface area contributed by atoms with Gasteiger partial charge in [0.2, 0.25) is 5.95 Å². The molecule has 1 saturated carbocycles. The maximum absolute atomic E-state index is 12.7. The molecular formula is C19H24N8O3. The van der Waals surface area contributed by atoms with Crippen LogP contribution < -0.4 is 16.0 Å². The molecule has 0 saturated heterocycles. The Labute approximate surface area is 172 Å². The van der Waals surface area contributed by atoms with E-state index in [-0.39, 0.29) is 18.0 Å². The number of hydrogen-bond acceptors (Lipinski definition) is 6. The third-order valence-corrected chi connectivity index (χ3v) is 5.24. The molecule has 1 fully saturated rings. The van der Waals surface area contributed by atoms with Crippen LogP contribution in [-0.4, -0.2) is 53.6 Å². The fourth-order valence-electron chi connectivity index (χ4n) is 3.74. The highest BCUT2D eigenvalue weighted by Crippen LogP contribution is 2.21. The zero-order valence-corrected chi connectivity index (χ0v) is 16.6. The zero-order valence-electron chi connectivity index (χ0n) is 16.6. The Balaban J connectivity index is 1.53. The van der Waals surface area contributed by atoms with Gasteiger partial charge in [-0.2, -0.15) is 5.10 Å². The summed E-state index contributed by atoms with van der Waals surface area (Å²) >= 11 is 0. The molecule has 3 heterocycles. The van der Waals surface area contributed by atoms with Crippen molar-refractivity contribution in [1.82, 2.24) is 29.7 Å². The predicted octanol–water partition coefficient (Wildman–Crippen LogP) is 2.19. The van der Waals surface area contributed by atoms with E-state index in [1.54, 1.807) is 35.4 Å². The molecule has 30 heavy (non-hydrogen) atoms. The Morgan fingerprint density at radius 2 is 2.00 bits per heavy atom. The molecule has 4 rings (SSSR count). The largest absolute Gasteiger partial charge is 0.465 e. The number of aryl methyl sites for hydroxylation is 1. The van der Waals surface area contributed by atoms with Crippen molar-refractivity contribution in [2.24, 2.45) is 0 Å². The molecule has 1 aliphatic rings. The van der Waals surface area contributed by atoms with Crippen LogP contribution in [0.25, 0.3) is 5.52 Å². The van der Waals surface area contributed by atoms with Crippen molar-refractivity contribution in [2.45, 2.75) is 51.2 Å². The van der Waals surface area contributed by atoms with E-state index in [0.29, 0.717) is 29.4 Å². The van der Waals surface area contributed by atoms with Crippen LogP contribution in [0.5, 0.6) is 0 Å². The van der Waals surface area contributed by atoms with E-state index >= 15 is 0 Å². The minimum absolute atomic E-state index is 0.111. The second-order valence-corrected chi connectivity index (χ2v) is 7.27. The summed E-state index contributed by atoms with van der Waals surface area (Å²) in [6.45, 7) is 2.68. The normalized spacial score (nSPS) is 18.8. The highest BCUT2D eigenvalue weighted by Gasteiger charge is 2.27. The average Bonchev–Trinajstić information content (AvgIpc) is 3.35. The van der Waals surface area contributed by atoms with Gasteiger partial charge in [0.25, 0.3) is 5.91 Å². The predicted molar refractivity (Wildman–Crippen MR) is 110 cm³/mol. The molecule has 2 amide bonds. The van der Waals surface area contributed by atoms with E-state index in [0.717, 1.165) is 25.7 Å². The Hall–Kier alpha value is -3.63. The summed E-state index contributed by atoms with van der Waals surface area (Å²) in [4.78, 5) is 28.1. The number of nitrogens with one attached hydrogen (secondary N) is 3. The van der Waals surface area contributed by atoms with Crippen LogP contribution in [0.1, 0.15) is 43.1 Å². The third-order valence-electron chi connectivity index (χ3n) is 5.24. The van der Waals surface area contributed by atoms with E-state index in [4.69, 9.17) is 5.11 Å². The van der Waals surface area contributed by atoms with E-state index < -0.39 is 6.09 Å². The van der Waals surface area contributed by atoms with E-state index in [2.05, 4.69) is 31.1 Å².